The van der Waals surface area contributed by atoms with Crippen molar-refractivity contribution in [1.82, 2.24) is 9.88 Å². The Kier molecular flexibility index (Phi) is 5.36. The lowest BCUT2D eigenvalue weighted by Crippen LogP contribution is -2.28. The largest absolute Gasteiger partial charge is 0.454 e. The summed E-state index contributed by atoms with van der Waals surface area (Å²) < 4.78 is 10.5. The SMILES string of the molecule is CCCCN(C)C(=O)c1ccnc(C(=O)Nc2ccc3c(c2)OCO3)c1. The quantitative estimate of drug-likeness (QED) is 0.862. The Bertz CT molecular complexity index is 822. The van der Waals surface area contributed by atoms with Crippen LogP contribution in [0.4, 0.5) is 5.69 Å². The van der Waals surface area contributed by atoms with Crippen LogP contribution in [0.2, 0.25) is 0 Å². The summed E-state index contributed by atoms with van der Waals surface area (Å²) in [5.74, 6) is 0.703. The molecule has 1 aliphatic heterocycles. The third-order valence-electron chi connectivity index (χ3n) is 4.06. The molecule has 3 rings (SSSR count). The van der Waals surface area contributed by atoms with Gasteiger partial charge in [-0.15, -0.1) is 0 Å². The summed E-state index contributed by atoms with van der Waals surface area (Å²) in [6, 6.07) is 8.26. The van der Waals surface area contributed by atoms with E-state index in [9.17, 15) is 9.59 Å². The van der Waals surface area contributed by atoms with Gasteiger partial charge in [0.15, 0.2) is 11.5 Å². The molecule has 0 radical (unpaired) electrons. The standard InChI is InChI=1S/C19H21N3O4/c1-3-4-9-22(2)19(24)13-7-8-20-15(10-13)18(23)21-14-5-6-16-17(11-14)26-12-25-16/h5-8,10-11H,3-4,9,12H2,1-2H3,(H,21,23). The van der Waals surface area contributed by atoms with Crippen LogP contribution in [0, 0.1) is 0 Å². The van der Waals surface area contributed by atoms with Crippen LogP contribution in [0.3, 0.4) is 0 Å². The van der Waals surface area contributed by atoms with E-state index < -0.39 is 5.91 Å². The molecule has 1 N–H and O–H groups in total. The maximum atomic E-state index is 12.5. The van der Waals surface area contributed by atoms with Crippen molar-refractivity contribution in [3.05, 3.63) is 47.8 Å². The zero-order valence-corrected chi connectivity index (χ0v) is 14.8. The summed E-state index contributed by atoms with van der Waals surface area (Å²) >= 11 is 0. The summed E-state index contributed by atoms with van der Waals surface area (Å²) in [6.45, 7) is 2.92. The van der Waals surface area contributed by atoms with Crippen molar-refractivity contribution in [3.63, 3.8) is 0 Å². The molecule has 0 aliphatic carbocycles. The Hall–Kier alpha value is -3.09. The molecule has 0 spiro atoms. The molecule has 26 heavy (non-hydrogen) atoms. The molecule has 0 atom stereocenters. The first-order valence-electron chi connectivity index (χ1n) is 8.51. The fraction of sp³-hybridized carbons (Fsp3) is 0.316. The molecule has 1 aromatic carbocycles. The Morgan fingerprint density at radius 2 is 2.00 bits per heavy atom. The van der Waals surface area contributed by atoms with Gasteiger partial charge in [0.1, 0.15) is 5.69 Å². The number of fused-ring (bicyclic) bond motifs is 1. The predicted molar refractivity (Wildman–Crippen MR) is 96.6 cm³/mol. The van der Waals surface area contributed by atoms with Crippen LogP contribution in [0.15, 0.2) is 36.5 Å². The van der Waals surface area contributed by atoms with E-state index in [1.54, 1.807) is 36.2 Å². The second-order valence-corrected chi connectivity index (χ2v) is 6.03. The van der Waals surface area contributed by atoms with Crippen molar-refractivity contribution in [3.8, 4) is 11.5 Å². The van der Waals surface area contributed by atoms with E-state index in [1.807, 2.05) is 0 Å². The third kappa shape index (κ3) is 3.93. The molecule has 0 saturated carbocycles. The fourth-order valence-corrected chi connectivity index (χ4v) is 2.57. The molecule has 1 aliphatic rings. The summed E-state index contributed by atoms with van der Waals surface area (Å²) in [7, 11) is 1.75. The highest BCUT2D eigenvalue weighted by Crippen LogP contribution is 2.34. The van der Waals surface area contributed by atoms with Crippen molar-refractivity contribution in [2.24, 2.45) is 0 Å². The highest BCUT2D eigenvalue weighted by Gasteiger charge is 2.17. The lowest BCUT2D eigenvalue weighted by molar-refractivity contribution is 0.0793. The molecule has 0 fully saturated rings. The Labute approximate surface area is 151 Å². The number of nitrogens with one attached hydrogen (secondary N) is 1. The molecule has 136 valence electrons. The van der Waals surface area contributed by atoms with Gasteiger partial charge in [0.25, 0.3) is 11.8 Å². The van der Waals surface area contributed by atoms with Gasteiger partial charge in [-0.05, 0) is 30.7 Å². The van der Waals surface area contributed by atoms with Crippen LogP contribution in [0.1, 0.15) is 40.6 Å². The molecule has 0 unspecified atom stereocenters. The number of ether oxygens (including phenoxy) is 2. The van der Waals surface area contributed by atoms with E-state index in [0.29, 0.717) is 29.3 Å². The molecule has 2 heterocycles. The molecule has 7 heteroatoms. The Morgan fingerprint density at radius 1 is 1.19 bits per heavy atom. The molecular formula is C19H21N3O4. The highest BCUT2D eigenvalue weighted by atomic mass is 16.7. The fourth-order valence-electron chi connectivity index (χ4n) is 2.57. The number of hydrogen-bond acceptors (Lipinski definition) is 5. The minimum atomic E-state index is -0.394. The number of benzene rings is 1. The predicted octanol–water partition coefficient (Wildman–Crippen LogP) is 2.93. The number of carbonyl (C=O) groups is 2. The van der Waals surface area contributed by atoms with Crippen molar-refractivity contribution < 1.29 is 19.1 Å². The number of amides is 2. The van der Waals surface area contributed by atoms with Crippen molar-refractivity contribution in [2.75, 3.05) is 25.7 Å². The van der Waals surface area contributed by atoms with Gasteiger partial charge < -0.3 is 19.7 Å². The van der Waals surface area contributed by atoms with Crippen LogP contribution in [0.5, 0.6) is 11.5 Å². The molecule has 2 aromatic rings. The smallest absolute Gasteiger partial charge is 0.274 e. The molecule has 7 nitrogen and oxygen atoms in total. The van der Waals surface area contributed by atoms with E-state index in [1.165, 1.54) is 12.3 Å². The number of unbranched alkanes of at least 4 members (excludes halogenated alkanes) is 1. The molecule has 1 aromatic heterocycles. The van der Waals surface area contributed by atoms with E-state index in [0.717, 1.165) is 12.8 Å². The van der Waals surface area contributed by atoms with Crippen LogP contribution in [0.25, 0.3) is 0 Å². The first-order valence-corrected chi connectivity index (χ1v) is 8.51. The van der Waals surface area contributed by atoms with Crippen LogP contribution in [-0.4, -0.2) is 42.1 Å². The van der Waals surface area contributed by atoms with Crippen LogP contribution >= 0.6 is 0 Å². The van der Waals surface area contributed by atoms with Crippen LogP contribution in [-0.2, 0) is 0 Å². The van der Waals surface area contributed by atoms with Gasteiger partial charge in [0, 0.05) is 37.1 Å². The van der Waals surface area contributed by atoms with Gasteiger partial charge in [0.05, 0.1) is 0 Å². The van der Waals surface area contributed by atoms with Crippen molar-refractivity contribution >= 4 is 17.5 Å². The first kappa shape index (κ1) is 17.7. The van der Waals surface area contributed by atoms with Gasteiger partial charge in [-0.2, -0.15) is 0 Å². The summed E-state index contributed by atoms with van der Waals surface area (Å²) in [5, 5.41) is 2.76. The van der Waals surface area contributed by atoms with Gasteiger partial charge in [-0.3, -0.25) is 14.6 Å². The monoisotopic (exact) mass is 355 g/mol. The second-order valence-electron chi connectivity index (χ2n) is 6.03. The van der Waals surface area contributed by atoms with E-state index in [2.05, 4.69) is 17.2 Å². The van der Waals surface area contributed by atoms with Gasteiger partial charge >= 0.3 is 0 Å². The highest BCUT2D eigenvalue weighted by molar-refractivity contribution is 6.04. The summed E-state index contributed by atoms with van der Waals surface area (Å²) in [6.07, 6.45) is 3.41. The molecule has 0 bridgehead atoms. The van der Waals surface area contributed by atoms with Crippen LogP contribution < -0.4 is 14.8 Å². The third-order valence-corrected chi connectivity index (χ3v) is 4.06. The number of aromatic nitrogens is 1. The maximum Gasteiger partial charge on any atom is 0.274 e. The van der Waals surface area contributed by atoms with E-state index in [-0.39, 0.29) is 18.4 Å². The zero-order valence-electron chi connectivity index (χ0n) is 14.8. The minimum Gasteiger partial charge on any atom is -0.454 e. The number of pyridine rings is 1. The number of hydrogen-bond donors (Lipinski definition) is 1. The van der Waals surface area contributed by atoms with Crippen molar-refractivity contribution in [1.29, 1.82) is 0 Å². The summed E-state index contributed by atoms with van der Waals surface area (Å²) in [5.41, 5.74) is 1.18. The maximum absolute atomic E-state index is 12.5. The average molecular weight is 355 g/mol. The number of rotatable bonds is 6. The molecule has 2 amide bonds. The number of anilines is 1. The average Bonchev–Trinajstić information content (AvgIpc) is 3.13. The normalized spacial score (nSPS) is 11.9. The Balaban J connectivity index is 1.71. The summed E-state index contributed by atoms with van der Waals surface area (Å²) in [4.78, 5) is 30.6. The molecular weight excluding hydrogens is 334 g/mol. The topological polar surface area (TPSA) is 80.8 Å². The van der Waals surface area contributed by atoms with Gasteiger partial charge in [-0.25, -0.2) is 0 Å². The molecule has 0 saturated heterocycles. The van der Waals surface area contributed by atoms with Crippen molar-refractivity contribution in [2.45, 2.75) is 19.8 Å². The van der Waals surface area contributed by atoms with Gasteiger partial charge in [0.2, 0.25) is 6.79 Å². The Morgan fingerprint density at radius 3 is 2.81 bits per heavy atom. The number of nitrogens with zero attached hydrogens (tertiary/aromatic N) is 2. The minimum absolute atomic E-state index is 0.127. The van der Waals surface area contributed by atoms with E-state index >= 15 is 0 Å². The first-order chi connectivity index (χ1) is 12.6. The second kappa shape index (κ2) is 7.86. The van der Waals surface area contributed by atoms with E-state index in [4.69, 9.17) is 9.47 Å². The zero-order chi connectivity index (χ0) is 18.5. The lowest BCUT2D eigenvalue weighted by atomic mass is 10.2. The number of carbonyl (C=O) groups excluding carboxylic acids is 2. The van der Waals surface area contributed by atoms with Gasteiger partial charge in [-0.1, -0.05) is 13.3 Å². The lowest BCUT2D eigenvalue weighted by Gasteiger charge is -2.16.